The van der Waals surface area contributed by atoms with Gasteiger partial charge < -0.3 is 5.73 Å². The summed E-state index contributed by atoms with van der Waals surface area (Å²) in [6.07, 6.45) is 13.6. The maximum absolute atomic E-state index is 8.72. The number of fused-ring (bicyclic) bond motifs is 1. The van der Waals surface area contributed by atoms with Gasteiger partial charge in [-0.3, -0.25) is 5.41 Å². The Hall–Kier alpha value is -6.65. The molecule has 0 fully saturated rings. The molecule has 0 amide bonds. The van der Waals surface area contributed by atoms with Crippen LogP contribution in [0.5, 0.6) is 0 Å². The lowest BCUT2D eigenvalue weighted by Gasteiger charge is -2.15. The zero-order valence-corrected chi connectivity index (χ0v) is 29.5. The summed E-state index contributed by atoms with van der Waals surface area (Å²) < 4.78 is 0. The Labute approximate surface area is 305 Å². The minimum atomic E-state index is 0.131. The number of nitrogens with two attached hydrogens (primary N) is 1. The van der Waals surface area contributed by atoms with E-state index in [4.69, 9.17) is 11.1 Å². The van der Waals surface area contributed by atoms with Crippen LogP contribution >= 0.6 is 0 Å². The van der Waals surface area contributed by atoms with Crippen molar-refractivity contribution in [3.8, 4) is 22.3 Å². The number of amidine groups is 2. The van der Waals surface area contributed by atoms with Gasteiger partial charge in [0.1, 0.15) is 0 Å². The Bertz CT molecular complexity index is 2600. The van der Waals surface area contributed by atoms with Gasteiger partial charge in [-0.15, -0.1) is 0 Å². The highest BCUT2D eigenvalue weighted by molar-refractivity contribution is 6.12. The summed E-state index contributed by atoms with van der Waals surface area (Å²) in [6, 6.07) is 43.6. The average molecular weight is 673 g/mol. The first kappa shape index (κ1) is 33.8. The third kappa shape index (κ3) is 7.01. The molecule has 0 spiro atoms. The molecule has 0 unspecified atom stereocenters. The normalized spacial score (nSPS) is 14.5. The zero-order valence-electron chi connectivity index (χ0n) is 29.5. The maximum Gasteiger partial charge on any atom is 0.161 e. The molecule has 4 nitrogen and oxygen atoms in total. The lowest BCUT2D eigenvalue weighted by atomic mass is 9.90. The number of nitrogens with one attached hydrogen (secondary N) is 1. The van der Waals surface area contributed by atoms with E-state index >= 15 is 0 Å². The van der Waals surface area contributed by atoms with Gasteiger partial charge in [-0.2, -0.15) is 0 Å². The SMILES string of the molecule is C=NC(=NC(=N)c1ccccc1)c1cc(-c2ccc3cc(/C(N)=c4\cccc\c4=C4/C=CC=CC4)ccc3c2)cc(-c2cccc(C)c2/C=C\C)c1. The molecule has 6 aromatic carbocycles. The van der Waals surface area contributed by atoms with E-state index in [1.165, 1.54) is 11.1 Å². The van der Waals surface area contributed by atoms with Crippen LogP contribution in [0, 0.1) is 12.3 Å². The Balaban J connectivity index is 1.35. The van der Waals surface area contributed by atoms with Gasteiger partial charge in [-0.25, -0.2) is 9.98 Å². The minimum Gasteiger partial charge on any atom is -0.398 e. The Kier molecular flexibility index (Phi) is 9.81. The van der Waals surface area contributed by atoms with Crippen LogP contribution in [0.4, 0.5) is 0 Å². The van der Waals surface area contributed by atoms with Crippen molar-refractivity contribution in [3.05, 3.63) is 196 Å². The number of allylic oxidation sites excluding steroid dienone is 5. The summed E-state index contributed by atoms with van der Waals surface area (Å²) in [5.74, 6) is 0.526. The van der Waals surface area contributed by atoms with Crippen LogP contribution in [-0.2, 0) is 0 Å². The zero-order chi connectivity index (χ0) is 36.0. The third-order valence-corrected chi connectivity index (χ3v) is 9.50. The summed E-state index contributed by atoms with van der Waals surface area (Å²) in [4.78, 5) is 8.98. The van der Waals surface area contributed by atoms with Crippen molar-refractivity contribution in [2.75, 3.05) is 0 Å². The van der Waals surface area contributed by atoms with E-state index in [0.29, 0.717) is 11.4 Å². The van der Waals surface area contributed by atoms with E-state index in [1.54, 1.807) is 0 Å². The molecule has 0 saturated heterocycles. The molecule has 0 saturated carbocycles. The number of benzene rings is 6. The van der Waals surface area contributed by atoms with E-state index in [2.05, 4.69) is 151 Å². The van der Waals surface area contributed by atoms with Crippen molar-refractivity contribution in [1.82, 2.24) is 0 Å². The van der Waals surface area contributed by atoms with Crippen molar-refractivity contribution in [2.24, 2.45) is 15.7 Å². The first-order valence-corrected chi connectivity index (χ1v) is 17.5. The number of nitrogens with zero attached hydrogens (tertiary/aromatic N) is 2. The average Bonchev–Trinajstić information content (AvgIpc) is 3.20. The van der Waals surface area contributed by atoms with Crippen LogP contribution in [0.2, 0.25) is 0 Å². The van der Waals surface area contributed by atoms with Crippen molar-refractivity contribution in [3.63, 3.8) is 0 Å². The number of rotatable bonds is 6. The number of hydrogen-bond donors (Lipinski definition) is 2. The van der Waals surface area contributed by atoms with Crippen molar-refractivity contribution < 1.29 is 0 Å². The molecule has 4 heteroatoms. The molecule has 0 aliphatic heterocycles. The first-order valence-electron chi connectivity index (χ1n) is 17.5. The molecule has 0 radical (unpaired) electrons. The lowest BCUT2D eigenvalue weighted by molar-refractivity contribution is 1.33. The topological polar surface area (TPSA) is 74.6 Å². The van der Waals surface area contributed by atoms with Crippen LogP contribution in [-0.4, -0.2) is 18.4 Å². The third-order valence-electron chi connectivity index (χ3n) is 9.50. The molecule has 0 heterocycles. The smallest absolute Gasteiger partial charge is 0.161 e. The minimum absolute atomic E-state index is 0.131. The Morgan fingerprint density at radius 2 is 1.50 bits per heavy atom. The van der Waals surface area contributed by atoms with Gasteiger partial charge >= 0.3 is 0 Å². The monoisotopic (exact) mass is 672 g/mol. The van der Waals surface area contributed by atoms with Gasteiger partial charge in [0.2, 0.25) is 0 Å². The second-order valence-electron chi connectivity index (χ2n) is 12.9. The predicted molar refractivity (Wildman–Crippen MR) is 222 cm³/mol. The summed E-state index contributed by atoms with van der Waals surface area (Å²) >= 11 is 0. The number of aryl methyl sites for hydroxylation is 1. The maximum atomic E-state index is 8.72. The van der Waals surface area contributed by atoms with Gasteiger partial charge in [0.25, 0.3) is 0 Å². The van der Waals surface area contributed by atoms with E-state index in [9.17, 15) is 0 Å². The summed E-state index contributed by atoms with van der Waals surface area (Å²) in [6.45, 7) is 8.03. The Morgan fingerprint density at radius 3 is 2.29 bits per heavy atom. The molecule has 0 atom stereocenters. The second-order valence-corrected chi connectivity index (χ2v) is 12.9. The van der Waals surface area contributed by atoms with E-state index in [1.807, 2.05) is 43.3 Å². The fourth-order valence-corrected chi connectivity index (χ4v) is 6.82. The first-order chi connectivity index (χ1) is 25.4. The van der Waals surface area contributed by atoms with Crippen molar-refractivity contribution in [2.45, 2.75) is 20.3 Å². The van der Waals surface area contributed by atoms with Crippen molar-refractivity contribution in [1.29, 1.82) is 5.41 Å². The summed E-state index contributed by atoms with van der Waals surface area (Å²) in [5, 5.41) is 13.1. The molecule has 0 aromatic heterocycles. The van der Waals surface area contributed by atoms with E-state index in [0.717, 1.165) is 72.3 Å². The largest absolute Gasteiger partial charge is 0.398 e. The van der Waals surface area contributed by atoms with Crippen LogP contribution < -0.4 is 16.2 Å². The lowest BCUT2D eigenvalue weighted by Crippen LogP contribution is -2.31. The summed E-state index contributed by atoms with van der Waals surface area (Å²) in [5.41, 5.74) is 18.0. The van der Waals surface area contributed by atoms with E-state index in [-0.39, 0.29) is 5.84 Å². The van der Waals surface area contributed by atoms with Crippen LogP contribution in [0.1, 0.15) is 41.2 Å². The fourth-order valence-electron chi connectivity index (χ4n) is 6.82. The van der Waals surface area contributed by atoms with Crippen LogP contribution in [0.3, 0.4) is 0 Å². The fraction of sp³-hybridized carbons (Fsp3) is 0.0625. The summed E-state index contributed by atoms with van der Waals surface area (Å²) in [7, 11) is 0. The quantitative estimate of drug-likeness (QED) is 0.134. The van der Waals surface area contributed by atoms with Gasteiger partial charge in [-0.1, -0.05) is 134 Å². The molecule has 1 aliphatic carbocycles. The van der Waals surface area contributed by atoms with Gasteiger partial charge in [-0.05, 0) is 118 Å². The van der Waals surface area contributed by atoms with Gasteiger partial charge in [0.05, 0.1) is 0 Å². The number of hydrogen-bond acceptors (Lipinski definition) is 2. The van der Waals surface area contributed by atoms with Crippen LogP contribution in [0.25, 0.3) is 50.4 Å². The molecular weight excluding hydrogens is 633 g/mol. The molecule has 52 heavy (non-hydrogen) atoms. The van der Waals surface area contributed by atoms with Gasteiger partial charge in [0, 0.05) is 22.0 Å². The highest BCUT2D eigenvalue weighted by Crippen LogP contribution is 2.34. The van der Waals surface area contributed by atoms with Gasteiger partial charge in [0.15, 0.2) is 11.7 Å². The molecule has 252 valence electrons. The molecule has 3 N–H and O–H groups in total. The standard InChI is InChI=1S/C48H40N4/c1-4-14-42-32(2)15-13-22-44(42)40-29-39(30-41(31-40)48(51-3)52-47(50)34-18-9-6-10-19-34)37-24-23-36-28-38(26-25-35(36)27-37)46(49)45-21-12-11-20-43(45)33-16-7-5-8-17-33/h4-16,18-31,50H,3,17,49H2,1-2H3/b14-4-,43-33-,46-45-,50-47?,52-48?. The highest BCUT2D eigenvalue weighted by atomic mass is 14.9. The Morgan fingerprint density at radius 1 is 0.731 bits per heavy atom. The molecule has 6 aromatic rings. The molecular formula is C48H40N4. The second kappa shape index (κ2) is 15.1. The van der Waals surface area contributed by atoms with Crippen LogP contribution in [0.15, 0.2) is 168 Å². The highest BCUT2D eigenvalue weighted by Gasteiger charge is 2.14. The number of aliphatic imine (C=N–C) groups is 2. The molecule has 0 bridgehead atoms. The molecule has 7 rings (SSSR count). The van der Waals surface area contributed by atoms with E-state index < -0.39 is 0 Å². The van der Waals surface area contributed by atoms with Crippen molar-refractivity contribution >= 4 is 46.5 Å². The molecule has 1 aliphatic rings. The predicted octanol–water partition coefficient (Wildman–Crippen LogP) is 9.77.